The van der Waals surface area contributed by atoms with Crippen LogP contribution in [0.4, 0.5) is 0 Å². The second-order valence-electron chi connectivity index (χ2n) is 3.72. The lowest BCUT2D eigenvalue weighted by atomic mass is 10.0. The van der Waals surface area contributed by atoms with E-state index in [0.717, 1.165) is 0 Å². The zero-order chi connectivity index (χ0) is 9.59. The van der Waals surface area contributed by atoms with E-state index in [1.807, 2.05) is 11.3 Å². The van der Waals surface area contributed by atoms with Crippen LogP contribution in [0.1, 0.15) is 21.6 Å². The average molecular weight is 190 g/mol. The molecule has 2 aromatic rings. The number of benzene rings is 1. The van der Waals surface area contributed by atoms with Gasteiger partial charge in [-0.3, -0.25) is 0 Å². The normalized spacial score (nSPS) is 11.1. The predicted molar refractivity (Wildman–Crippen MR) is 60.8 cm³/mol. The summed E-state index contributed by atoms with van der Waals surface area (Å²) >= 11 is 1.90. The highest BCUT2D eigenvalue weighted by Crippen LogP contribution is 2.31. The monoisotopic (exact) mass is 190 g/mol. The molecule has 1 heteroatoms. The lowest BCUT2D eigenvalue weighted by Crippen LogP contribution is -1.85. The molecule has 0 nitrogen and oxygen atoms in total. The molecule has 0 atom stereocenters. The van der Waals surface area contributed by atoms with Gasteiger partial charge in [0.15, 0.2) is 0 Å². The van der Waals surface area contributed by atoms with Crippen LogP contribution in [-0.2, 0) is 0 Å². The third-order valence-corrected chi connectivity index (χ3v) is 3.94. The fraction of sp³-hybridized carbons (Fsp3) is 0.333. The summed E-state index contributed by atoms with van der Waals surface area (Å²) in [4.78, 5) is 1.41. The lowest BCUT2D eigenvalue weighted by molar-refractivity contribution is 1.30. The van der Waals surface area contributed by atoms with E-state index in [-0.39, 0.29) is 0 Å². The zero-order valence-corrected chi connectivity index (χ0v) is 9.38. The number of fused-ring (bicyclic) bond motifs is 1. The standard InChI is InChI=1S/C12H14S/c1-7-5-11-6-8(2)13-12(11)10(4)9(7)3/h5-6H,1-4H3. The minimum atomic E-state index is 1.41. The number of rotatable bonds is 0. The Labute approximate surface area is 83.2 Å². The molecule has 13 heavy (non-hydrogen) atoms. The van der Waals surface area contributed by atoms with Crippen LogP contribution < -0.4 is 0 Å². The van der Waals surface area contributed by atoms with Gasteiger partial charge in [-0.15, -0.1) is 11.3 Å². The van der Waals surface area contributed by atoms with Gasteiger partial charge in [-0.2, -0.15) is 0 Å². The van der Waals surface area contributed by atoms with E-state index in [1.165, 1.54) is 31.7 Å². The van der Waals surface area contributed by atoms with Gasteiger partial charge >= 0.3 is 0 Å². The maximum absolute atomic E-state index is 2.29. The molecule has 0 spiro atoms. The van der Waals surface area contributed by atoms with Crippen molar-refractivity contribution in [1.82, 2.24) is 0 Å². The van der Waals surface area contributed by atoms with E-state index in [9.17, 15) is 0 Å². The Morgan fingerprint density at radius 1 is 0.923 bits per heavy atom. The van der Waals surface area contributed by atoms with Crippen molar-refractivity contribution >= 4 is 21.4 Å². The van der Waals surface area contributed by atoms with Crippen LogP contribution in [0, 0.1) is 27.7 Å². The minimum Gasteiger partial charge on any atom is -0.140 e. The highest BCUT2D eigenvalue weighted by Gasteiger charge is 2.05. The summed E-state index contributed by atoms with van der Waals surface area (Å²) in [5, 5.41) is 1.41. The first kappa shape index (κ1) is 8.76. The van der Waals surface area contributed by atoms with E-state index >= 15 is 0 Å². The fourth-order valence-electron chi connectivity index (χ4n) is 1.74. The van der Waals surface area contributed by atoms with Gasteiger partial charge in [-0.25, -0.2) is 0 Å². The smallest absolute Gasteiger partial charge is 0.0377 e. The van der Waals surface area contributed by atoms with Gasteiger partial charge in [0.2, 0.25) is 0 Å². The van der Waals surface area contributed by atoms with Crippen molar-refractivity contribution in [3.8, 4) is 0 Å². The summed E-state index contributed by atoms with van der Waals surface area (Å²) in [6.07, 6.45) is 0. The van der Waals surface area contributed by atoms with Gasteiger partial charge in [0.05, 0.1) is 0 Å². The van der Waals surface area contributed by atoms with Gasteiger partial charge in [-0.05, 0) is 55.8 Å². The summed E-state index contributed by atoms with van der Waals surface area (Å²) < 4.78 is 1.46. The first-order valence-corrected chi connectivity index (χ1v) is 5.38. The topological polar surface area (TPSA) is 0 Å². The summed E-state index contributed by atoms with van der Waals surface area (Å²) in [7, 11) is 0. The quantitative estimate of drug-likeness (QED) is 0.586. The van der Waals surface area contributed by atoms with Crippen LogP contribution in [0.3, 0.4) is 0 Å². The molecule has 1 aromatic carbocycles. The molecule has 0 aliphatic rings. The number of aryl methyl sites for hydroxylation is 3. The second-order valence-corrected chi connectivity index (χ2v) is 4.98. The zero-order valence-electron chi connectivity index (χ0n) is 8.56. The van der Waals surface area contributed by atoms with Crippen molar-refractivity contribution in [3.63, 3.8) is 0 Å². The van der Waals surface area contributed by atoms with E-state index in [4.69, 9.17) is 0 Å². The number of hydrogen-bond acceptors (Lipinski definition) is 1. The van der Waals surface area contributed by atoms with Crippen LogP contribution in [-0.4, -0.2) is 0 Å². The van der Waals surface area contributed by atoms with Gasteiger partial charge in [-0.1, -0.05) is 6.07 Å². The number of hydrogen-bond donors (Lipinski definition) is 0. The molecule has 0 aliphatic heterocycles. The van der Waals surface area contributed by atoms with Crippen molar-refractivity contribution < 1.29 is 0 Å². The van der Waals surface area contributed by atoms with Crippen LogP contribution in [0.25, 0.3) is 10.1 Å². The van der Waals surface area contributed by atoms with Gasteiger partial charge in [0.1, 0.15) is 0 Å². The SMILES string of the molecule is Cc1cc2cc(C)c(C)c(C)c2s1. The minimum absolute atomic E-state index is 1.41. The highest BCUT2D eigenvalue weighted by atomic mass is 32.1. The third kappa shape index (κ3) is 1.28. The van der Waals surface area contributed by atoms with Crippen molar-refractivity contribution in [1.29, 1.82) is 0 Å². The Bertz CT molecular complexity index is 463. The third-order valence-electron chi connectivity index (χ3n) is 2.75. The molecule has 2 rings (SSSR count). The van der Waals surface area contributed by atoms with Crippen LogP contribution >= 0.6 is 11.3 Å². The summed E-state index contributed by atoms with van der Waals surface area (Å²) in [6.45, 7) is 8.79. The van der Waals surface area contributed by atoms with E-state index in [2.05, 4.69) is 39.8 Å². The second kappa shape index (κ2) is 2.85. The van der Waals surface area contributed by atoms with Crippen molar-refractivity contribution in [2.75, 3.05) is 0 Å². The molecular formula is C12H14S. The molecule has 0 saturated carbocycles. The molecule has 0 amide bonds. The fourth-order valence-corrected chi connectivity index (χ4v) is 2.79. The predicted octanol–water partition coefficient (Wildman–Crippen LogP) is 4.13. The summed E-state index contributed by atoms with van der Waals surface area (Å²) in [5.41, 5.74) is 4.30. The van der Waals surface area contributed by atoms with Crippen molar-refractivity contribution in [2.24, 2.45) is 0 Å². The molecule has 1 heterocycles. The average Bonchev–Trinajstić information content (AvgIpc) is 2.42. The molecule has 0 fully saturated rings. The molecule has 0 unspecified atom stereocenters. The van der Waals surface area contributed by atoms with Crippen molar-refractivity contribution in [3.05, 3.63) is 33.7 Å². The van der Waals surface area contributed by atoms with E-state index < -0.39 is 0 Å². The van der Waals surface area contributed by atoms with Gasteiger partial charge in [0.25, 0.3) is 0 Å². The Hall–Kier alpha value is -0.820. The first-order chi connectivity index (χ1) is 6.09. The molecule has 0 N–H and O–H groups in total. The van der Waals surface area contributed by atoms with Gasteiger partial charge < -0.3 is 0 Å². The molecule has 1 aromatic heterocycles. The molecule has 0 radical (unpaired) electrons. The van der Waals surface area contributed by atoms with Gasteiger partial charge in [0, 0.05) is 9.58 Å². The van der Waals surface area contributed by atoms with Crippen LogP contribution in [0.2, 0.25) is 0 Å². The summed E-state index contributed by atoms with van der Waals surface area (Å²) in [6, 6.07) is 4.57. The summed E-state index contributed by atoms with van der Waals surface area (Å²) in [5.74, 6) is 0. The molecule has 0 bridgehead atoms. The largest absolute Gasteiger partial charge is 0.140 e. The molecular weight excluding hydrogens is 176 g/mol. The molecule has 0 saturated heterocycles. The van der Waals surface area contributed by atoms with Crippen LogP contribution in [0.5, 0.6) is 0 Å². The maximum Gasteiger partial charge on any atom is 0.0377 e. The Morgan fingerprint density at radius 2 is 1.62 bits per heavy atom. The highest BCUT2D eigenvalue weighted by molar-refractivity contribution is 7.19. The van der Waals surface area contributed by atoms with E-state index in [1.54, 1.807) is 0 Å². The van der Waals surface area contributed by atoms with Crippen molar-refractivity contribution in [2.45, 2.75) is 27.7 Å². The first-order valence-electron chi connectivity index (χ1n) is 4.56. The Morgan fingerprint density at radius 3 is 2.31 bits per heavy atom. The molecule has 68 valence electrons. The lowest BCUT2D eigenvalue weighted by Gasteiger charge is -2.04. The molecule has 0 aliphatic carbocycles. The van der Waals surface area contributed by atoms with E-state index in [0.29, 0.717) is 0 Å². The Kier molecular flexibility index (Phi) is 1.92. The van der Waals surface area contributed by atoms with Crippen LogP contribution in [0.15, 0.2) is 12.1 Å². The maximum atomic E-state index is 2.29. The number of thiophene rings is 1. The Balaban J connectivity index is 2.92.